The van der Waals surface area contributed by atoms with Gasteiger partial charge in [0.15, 0.2) is 0 Å². The number of hydrogen-bond donors (Lipinski definition) is 1. The molecule has 29 heavy (non-hydrogen) atoms. The van der Waals surface area contributed by atoms with E-state index in [0.29, 0.717) is 30.6 Å². The molecule has 1 fully saturated rings. The number of anilines is 1. The topological polar surface area (TPSA) is 92.8 Å². The summed E-state index contributed by atoms with van der Waals surface area (Å²) in [6.07, 6.45) is 1.23. The van der Waals surface area contributed by atoms with Gasteiger partial charge in [-0.1, -0.05) is 36.4 Å². The van der Waals surface area contributed by atoms with Crippen molar-refractivity contribution < 1.29 is 22.7 Å². The molecule has 154 valence electrons. The molecule has 2 aromatic carbocycles. The fourth-order valence-electron chi connectivity index (χ4n) is 3.37. The van der Waals surface area contributed by atoms with E-state index in [-0.39, 0.29) is 18.2 Å². The number of nitrogens with zero attached hydrogens (tertiary/aromatic N) is 1. The summed E-state index contributed by atoms with van der Waals surface area (Å²) in [5.41, 5.74) is 1.53. The molecule has 8 heteroatoms. The first-order valence-corrected chi connectivity index (χ1v) is 11.0. The van der Waals surface area contributed by atoms with Crippen LogP contribution in [0, 0.1) is 5.92 Å². The van der Waals surface area contributed by atoms with Crippen LogP contribution in [0.3, 0.4) is 0 Å². The maximum absolute atomic E-state index is 12.8. The predicted molar refractivity (Wildman–Crippen MR) is 110 cm³/mol. The average Bonchev–Trinajstić information content (AvgIpc) is 2.74. The zero-order valence-electron chi connectivity index (χ0n) is 16.2. The Balaban J connectivity index is 1.66. The number of nitrogens with one attached hydrogen (secondary N) is 1. The third kappa shape index (κ3) is 5.42. The van der Waals surface area contributed by atoms with Crippen LogP contribution in [0.4, 0.5) is 5.69 Å². The van der Waals surface area contributed by atoms with E-state index in [1.807, 2.05) is 6.07 Å². The smallest absolute Gasteiger partial charge is 0.337 e. The van der Waals surface area contributed by atoms with E-state index in [4.69, 9.17) is 0 Å². The number of hydrogen-bond acceptors (Lipinski definition) is 5. The van der Waals surface area contributed by atoms with Crippen molar-refractivity contribution in [3.05, 3.63) is 65.7 Å². The van der Waals surface area contributed by atoms with Crippen molar-refractivity contribution in [2.24, 2.45) is 5.92 Å². The zero-order valence-corrected chi connectivity index (χ0v) is 17.0. The van der Waals surface area contributed by atoms with Gasteiger partial charge < -0.3 is 10.1 Å². The lowest BCUT2D eigenvalue weighted by molar-refractivity contribution is -0.120. The van der Waals surface area contributed by atoms with E-state index in [1.54, 1.807) is 42.5 Å². The third-order valence-corrected chi connectivity index (χ3v) is 6.71. The third-order valence-electron chi connectivity index (χ3n) is 4.89. The second-order valence-electron chi connectivity index (χ2n) is 7.00. The van der Waals surface area contributed by atoms with Crippen LogP contribution >= 0.6 is 0 Å². The monoisotopic (exact) mass is 416 g/mol. The van der Waals surface area contributed by atoms with Crippen molar-refractivity contribution in [1.82, 2.24) is 4.31 Å². The number of sulfonamides is 1. The molecule has 0 unspecified atom stereocenters. The van der Waals surface area contributed by atoms with Gasteiger partial charge in [0.25, 0.3) is 0 Å². The molecule has 0 aromatic heterocycles. The van der Waals surface area contributed by atoms with Crippen LogP contribution in [0.25, 0.3) is 0 Å². The van der Waals surface area contributed by atoms with Gasteiger partial charge in [0.1, 0.15) is 0 Å². The lowest BCUT2D eigenvalue weighted by atomic mass is 9.98. The second kappa shape index (κ2) is 9.19. The van der Waals surface area contributed by atoms with Crippen LogP contribution in [-0.2, 0) is 25.3 Å². The van der Waals surface area contributed by atoms with E-state index in [9.17, 15) is 18.0 Å². The molecule has 1 N–H and O–H groups in total. The highest BCUT2D eigenvalue weighted by molar-refractivity contribution is 7.88. The Bertz CT molecular complexity index is 976. The van der Waals surface area contributed by atoms with Gasteiger partial charge in [0, 0.05) is 18.8 Å². The number of ether oxygens (including phenoxy) is 1. The van der Waals surface area contributed by atoms with Crippen molar-refractivity contribution in [3.63, 3.8) is 0 Å². The van der Waals surface area contributed by atoms with Crippen LogP contribution in [0.5, 0.6) is 0 Å². The quantitative estimate of drug-likeness (QED) is 0.731. The molecule has 3 rings (SSSR count). The van der Waals surface area contributed by atoms with E-state index >= 15 is 0 Å². The normalized spacial score (nSPS) is 17.5. The Hall–Kier alpha value is -2.71. The number of methoxy groups -OCH3 is 1. The van der Waals surface area contributed by atoms with E-state index in [0.717, 1.165) is 5.56 Å². The molecule has 1 aliphatic heterocycles. The van der Waals surface area contributed by atoms with Crippen LogP contribution in [-0.4, -0.2) is 44.8 Å². The molecular weight excluding hydrogens is 392 g/mol. The fourth-order valence-corrected chi connectivity index (χ4v) is 4.98. The minimum absolute atomic E-state index is 0.0800. The minimum atomic E-state index is -3.50. The first-order chi connectivity index (χ1) is 13.9. The van der Waals surface area contributed by atoms with E-state index < -0.39 is 21.9 Å². The number of rotatable bonds is 6. The Labute approximate surface area is 170 Å². The second-order valence-corrected chi connectivity index (χ2v) is 8.97. The van der Waals surface area contributed by atoms with Crippen molar-refractivity contribution >= 4 is 27.6 Å². The van der Waals surface area contributed by atoms with Crippen LogP contribution < -0.4 is 5.32 Å². The molecule has 0 spiro atoms. The van der Waals surface area contributed by atoms with Gasteiger partial charge in [0.2, 0.25) is 15.9 Å². The molecule has 0 radical (unpaired) electrons. The van der Waals surface area contributed by atoms with E-state index in [2.05, 4.69) is 10.1 Å². The highest BCUT2D eigenvalue weighted by Crippen LogP contribution is 2.23. The summed E-state index contributed by atoms with van der Waals surface area (Å²) in [5.74, 6) is -1.27. The van der Waals surface area contributed by atoms with Gasteiger partial charge in [-0.05, 0) is 36.6 Å². The molecule has 7 nitrogen and oxygen atoms in total. The molecule has 0 bridgehead atoms. The number of carbonyl (C=O) groups excluding carboxylic acids is 2. The van der Waals surface area contributed by atoms with Crippen molar-refractivity contribution in [2.45, 2.75) is 18.6 Å². The maximum Gasteiger partial charge on any atom is 0.337 e. The molecular formula is C21H24N2O5S. The molecule has 2 aromatic rings. The molecule has 1 atom stereocenters. The Morgan fingerprint density at radius 1 is 1.14 bits per heavy atom. The summed E-state index contributed by atoms with van der Waals surface area (Å²) in [6.45, 7) is 0.564. The minimum Gasteiger partial charge on any atom is -0.465 e. The lowest BCUT2D eigenvalue weighted by Gasteiger charge is -2.31. The molecule has 1 aliphatic rings. The van der Waals surface area contributed by atoms with Crippen LogP contribution in [0.1, 0.15) is 28.8 Å². The summed E-state index contributed by atoms with van der Waals surface area (Å²) in [7, 11) is -2.21. The summed E-state index contributed by atoms with van der Waals surface area (Å²) in [5, 5.41) is 2.78. The van der Waals surface area contributed by atoms with Gasteiger partial charge in [-0.2, -0.15) is 0 Å². The van der Waals surface area contributed by atoms with Crippen LogP contribution in [0.15, 0.2) is 54.6 Å². The summed E-state index contributed by atoms with van der Waals surface area (Å²) < 4.78 is 31.6. The van der Waals surface area contributed by atoms with Gasteiger partial charge in [0.05, 0.1) is 24.3 Å². The first kappa shape index (κ1) is 21.0. The van der Waals surface area contributed by atoms with Gasteiger partial charge in [-0.3, -0.25) is 4.79 Å². The molecule has 0 saturated carbocycles. The fraction of sp³-hybridized carbons (Fsp3) is 0.333. The highest BCUT2D eigenvalue weighted by atomic mass is 32.2. The van der Waals surface area contributed by atoms with Crippen LogP contribution in [0.2, 0.25) is 0 Å². The Morgan fingerprint density at radius 3 is 2.62 bits per heavy atom. The Kier molecular flexibility index (Phi) is 6.66. The summed E-state index contributed by atoms with van der Waals surface area (Å²) in [6, 6.07) is 15.5. The standard InChI is InChI=1S/C21H24N2O5S/c1-28-21(25)17-9-5-11-19(13-17)22-20(24)18-10-6-12-23(14-18)29(26,27)15-16-7-3-2-4-8-16/h2-5,7-9,11,13,18H,6,10,12,14-15H2,1H3,(H,22,24)/t18-/m1/s1. The van der Waals surface area contributed by atoms with Gasteiger partial charge >= 0.3 is 5.97 Å². The summed E-state index contributed by atoms with van der Waals surface area (Å²) in [4.78, 5) is 24.3. The lowest BCUT2D eigenvalue weighted by Crippen LogP contribution is -2.44. The maximum atomic E-state index is 12.8. The predicted octanol–water partition coefficient (Wildman–Crippen LogP) is 2.65. The number of piperidine rings is 1. The highest BCUT2D eigenvalue weighted by Gasteiger charge is 2.32. The number of carbonyl (C=O) groups is 2. The molecule has 1 amide bonds. The van der Waals surface area contributed by atoms with E-state index in [1.165, 1.54) is 17.5 Å². The number of benzene rings is 2. The number of amides is 1. The molecule has 1 saturated heterocycles. The average molecular weight is 416 g/mol. The van der Waals surface area contributed by atoms with Gasteiger partial charge in [-0.25, -0.2) is 17.5 Å². The summed E-state index contributed by atoms with van der Waals surface area (Å²) >= 11 is 0. The largest absolute Gasteiger partial charge is 0.465 e. The molecule has 0 aliphatic carbocycles. The first-order valence-electron chi connectivity index (χ1n) is 9.40. The number of esters is 1. The SMILES string of the molecule is COC(=O)c1cccc(NC(=O)[C@@H]2CCCN(S(=O)(=O)Cc3ccccc3)C2)c1. The Morgan fingerprint density at radius 2 is 1.90 bits per heavy atom. The van der Waals surface area contributed by atoms with Crippen molar-refractivity contribution in [1.29, 1.82) is 0 Å². The molecule has 1 heterocycles. The zero-order chi connectivity index (χ0) is 20.9. The van der Waals surface area contributed by atoms with Crippen molar-refractivity contribution in [2.75, 3.05) is 25.5 Å². The van der Waals surface area contributed by atoms with Gasteiger partial charge in [-0.15, -0.1) is 0 Å². The van der Waals surface area contributed by atoms with Crippen molar-refractivity contribution in [3.8, 4) is 0 Å².